The number of halogens is 1. The largest absolute Gasteiger partial charge is 0.321 e. The first-order chi connectivity index (χ1) is 9.74. The van der Waals surface area contributed by atoms with Crippen molar-refractivity contribution in [1.29, 1.82) is 0 Å². The smallest absolute Gasteiger partial charge is 0.255 e. The summed E-state index contributed by atoms with van der Waals surface area (Å²) in [6, 6.07) is 10.5. The van der Waals surface area contributed by atoms with Crippen LogP contribution in [-0.2, 0) is 0 Å². The van der Waals surface area contributed by atoms with Gasteiger partial charge in [0.2, 0.25) is 0 Å². The van der Waals surface area contributed by atoms with Crippen LogP contribution in [0.3, 0.4) is 0 Å². The zero-order valence-electron chi connectivity index (χ0n) is 10.4. The molecule has 0 spiro atoms. The molecule has 1 N–H and O–H groups in total. The molecule has 0 unspecified atom stereocenters. The molecule has 1 amide bonds. The Labute approximate surface area is 120 Å². The van der Waals surface area contributed by atoms with E-state index in [1.165, 1.54) is 0 Å². The normalized spacial score (nSPS) is 10.4. The molecule has 0 fully saturated rings. The van der Waals surface area contributed by atoms with Crippen molar-refractivity contribution >= 4 is 34.1 Å². The number of hydrogen-bond acceptors (Lipinski definition) is 3. The monoisotopic (exact) mass is 283 g/mol. The van der Waals surface area contributed by atoms with Crippen molar-refractivity contribution in [2.24, 2.45) is 0 Å². The van der Waals surface area contributed by atoms with Crippen molar-refractivity contribution in [3.63, 3.8) is 0 Å². The molecule has 3 rings (SSSR count). The van der Waals surface area contributed by atoms with E-state index in [1.54, 1.807) is 48.9 Å². The highest BCUT2D eigenvalue weighted by molar-refractivity contribution is 6.31. The first-order valence-corrected chi connectivity index (χ1v) is 6.37. The first-order valence-electron chi connectivity index (χ1n) is 6.00. The van der Waals surface area contributed by atoms with Crippen molar-refractivity contribution in [1.82, 2.24) is 9.97 Å². The molecule has 0 saturated carbocycles. The second-order valence-corrected chi connectivity index (χ2v) is 4.65. The van der Waals surface area contributed by atoms with E-state index in [1.807, 2.05) is 6.07 Å². The lowest BCUT2D eigenvalue weighted by Crippen LogP contribution is -2.12. The van der Waals surface area contributed by atoms with Crippen molar-refractivity contribution < 1.29 is 4.79 Å². The molecule has 0 radical (unpaired) electrons. The molecule has 3 aromatic rings. The maximum atomic E-state index is 12.1. The minimum absolute atomic E-state index is 0.185. The van der Waals surface area contributed by atoms with Crippen molar-refractivity contribution in [3.8, 4) is 0 Å². The van der Waals surface area contributed by atoms with Crippen molar-refractivity contribution in [2.45, 2.75) is 0 Å². The number of pyridine rings is 2. The van der Waals surface area contributed by atoms with Gasteiger partial charge in [0.1, 0.15) is 0 Å². The summed E-state index contributed by atoms with van der Waals surface area (Å²) in [6.45, 7) is 0. The van der Waals surface area contributed by atoms with Gasteiger partial charge in [-0.15, -0.1) is 0 Å². The molecular weight excluding hydrogens is 274 g/mol. The number of nitrogens with one attached hydrogen (secondary N) is 1. The van der Waals surface area contributed by atoms with Crippen LogP contribution in [0.25, 0.3) is 10.9 Å². The van der Waals surface area contributed by atoms with Gasteiger partial charge in [0.15, 0.2) is 0 Å². The molecule has 2 heterocycles. The number of fused-ring (bicyclic) bond motifs is 1. The lowest BCUT2D eigenvalue weighted by Gasteiger charge is -2.08. The van der Waals surface area contributed by atoms with Gasteiger partial charge in [-0.05, 0) is 36.4 Å². The van der Waals surface area contributed by atoms with Crippen LogP contribution in [0.5, 0.6) is 0 Å². The third kappa shape index (κ3) is 2.46. The Morgan fingerprint density at radius 1 is 1.05 bits per heavy atom. The van der Waals surface area contributed by atoms with Gasteiger partial charge in [0.25, 0.3) is 5.91 Å². The Bertz CT molecular complexity index is 774. The summed E-state index contributed by atoms with van der Waals surface area (Å²) in [5, 5.41) is 4.33. The summed E-state index contributed by atoms with van der Waals surface area (Å²) in [6.07, 6.45) is 4.81. The first kappa shape index (κ1) is 12.6. The maximum absolute atomic E-state index is 12.1. The van der Waals surface area contributed by atoms with Crippen LogP contribution in [0.1, 0.15) is 10.4 Å². The van der Waals surface area contributed by atoms with Crippen LogP contribution >= 0.6 is 11.6 Å². The molecule has 5 heteroatoms. The fraction of sp³-hybridized carbons (Fsp3) is 0. The number of anilines is 1. The van der Waals surface area contributed by atoms with Crippen LogP contribution in [0, 0.1) is 0 Å². The molecule has 0 atom stereocenters. The average Bonchev–Trinajstić information content (AvgIpc) is 2.48. The van der Waals surface area contributed by atoms with Gasteiger partial charge in [-0.2, -0.15) is 0 Å². The number of carbonyl (C=O) groups is 1. The highest BCUT2D eigenvalue weighted by atomic mass is 35.5. The van der Waals surface area contributed by atoms with Crippen LogP contribution < -0.4 is 5.32 Å². The zero-order chi connectivity index (χ0) is 13.9. The second-order valence-electron chi connectivity index (χ2n) is 4.21. The zero-order valence-corrected chi connectivity index (χ0v) is 11.1. The van der Waals surface area contributed by atoms with Gasteiger partial charge >= 0.3 is 0 Å². The highest BCUT2D eigenvalue weighted by Crippen LogP contribution is 2.24. The molecule has 0 bridgehead atoms. The van der Waals surface area contributed by atoms with E-state index in [-0.39, 0.29) is 5.91 Å². The minimum atomic E-state index is -0.185. The molecule has 98 valence electrons. The number of hydrogen-bond donors (Lipinski definition) is 1. The van der Waals surface area contributed by atoms with Crippen LogP contribution in [-0.4, -0.2) is 15.9 Å². The Hall–Kier alpha value is -2.46. The standard InChI is InChI=1S/C15H10ClN3O/c16-11-1-2-12-13(5-8-18-14(12)9-11)19-15(20)10-3-6-17-7-4-10/h1-9H,(H,18,19,20). The molecule has 0 aliphatic carbocycles. The molecule has 0 aliphatic heterocycles. The topological polar surface area (TPSA) is 54.9 Å². The lowest BCUT2D eigenvalue weighted by molar-refractivity contribution is 0.102. The number of aromatic nitrogens is 2. The number of nitrogens with zero attached hydrogens (tertiary/aromatic N) is 2. The second kappa shape index (κ2) is 5.27. The summed E-state index contributed by atoms with van der Waals surface area (Å²) in [5.74, 6) is -0.185. The van der Waals surface area contributed by atoms with Crippen molar-refractivity contribution in [3.05, 3.63) is 65.6 Å². The molecule has 2 aromatic heterocycles. The Balaban J connectivity index is 1.97. The lowest BCUT2D eigenvalue weighted by atomic mass is 10.1. The SMILES string of the molecule is O=C(Nc1ccnc2cc(Cl)ccc12)c1ccncc1. The fourth-order valence-corrected chi connectivity index (χ4v) is 2.09. The Morgan fingerprint density at radius 3 is 2.65 bits per heavy atom. The fourth-order valence-electron chi connectivity index (χ4n) is 1.93. The third-order valence-electron chi connectivity index (χ3n) is 2.90. The van der Waals surface area contributed by atoms with E-state index < -0.39 is 0 Å². The highest BCUT2D eigenvalue weighted by Gasteiger charge is 2.08. The maximum Gasteiger partial charge on any atom is 0.255 e. The van der Waals surface area contributed by atoms with E-state index in [4.69, 9.17) is 11.6 Å². The van der Waals surface area contributed by atoms with E-state index in [0.717, 1.165) is 10.9 Å². The number of rotatable bonds is 2. The van der Waals surface area contributed by atoms with E-state index >= 15 is 0 Å². The predicted molar refractivity (Wildman–Crippen MR) is 78.9 cm³/mol. The van der Waals surface area contributed by atoms with E-state index in [9.17, 15) is 4.79 Å². The third-order valence-corrected chi connectivity index (χ3v) is 3.13. The van der Waals surface area contributed by atoms with E-state index in [0.29, 0.717) is 16.3 Å². The van der Waals surface area contributed by atoms with Crippen LogP contribution in [0.2, 0.25) is 5.02 Å². The quantitative estimate of drug-likeness (QED) is 0.783. The summed E-state index contributed by atoms with van der Waals surface area (Å²) >= 11 is 5.94. The average molecular weight is 284 g/mol. The van der Waals surface area contributed by atoms with Gasteiger partial charge in [-0.3, -0.25) is 14.8 Å². The van der Waals surface area contributed by atoms with Gasteiger partial charge < -0.3 is 5.32 Å². The van der Waals surface area contributed by atoms with E-state index in [2.05, 4.69) is 15.3 Å². The predicted octanol–water partition coefficient (Wildman–Crippen LogP) is 3.54. The van der Waals surface area contributed by atoms with Crippen LogP contribution in [0.4, 0.5) is 5.69 Å². The summed E-state index contributed by atoms with van der Waals surface area (Å²) in [5.41, 5.74) is 2.00. The van der Waals surface area contributed by atoms with Gasteiger partial charge in [0.05, 0.1) is 11.2 Å². The van der Waals surface area contributed by atoms with Gasteiger partial charge in [-0.1, -0.05) is 11.6 Å². The van der Waals surface area contributed by atoms with Gasteiger partial charge in [0, 0.05) is 34.6 Å². The molecule has 0 aliphatic rings. The number of benzene rings is 1. The molecule has 1 aromatic carbocycles. The Kier molecular flexibility index (Phi) is 3.31. The molecule has 0 saturated heterocycles. The molecular formula is C15H10ClN3O. The Morgan fingerprint density at radius 2 is 1.85 bits per heavy atom. The number of carbonyl (C=O) groups excluding carboxylic acids is 1. The minimum Gasteiger partial charge on any atom is -0.321 e. The number of amides is 1. The van der Waals surface area contributed by atoms with Crippen molar-refractivity contribution in [2.75, 3.05) is 5.32 Å². The van der Waals surface area contributed by atoms with Gasteiger partial charge in [-0.25, -0.2) is 0 Å². The summed E-state index contributed by atoms with van der Waals surface area (Å²) in [4.78, 5) is 20.3. The summed E-state index contributed by atoms with van der Waals surface area (Å²) < 4.78 is 0. The van der Waals surface area contributed by atoms with Crippen LogP contribution in [0.15, 0.2) is 55.0 Å². The molecule has 20 heavy (non-hydrogen) atoms. The summed E-state index contributed by atoms with van der Waals surface area (Å²) in [7, 11) is 0. The molecule has 4 nitrogen and oxygen atoms in total.